The molecule has 0 radical (unpaired) electrons. The first kappa shape index (κ1) is 13.6. The highest BCUT2D eigenvalue weighted by atomic mass is 32.2. The van der Waals surface area contributed by atoms with E-state index >= 15 is 0 Å². The van der Waals surface area contributed by atoms with Crippen LogP contribution in [0.2, 0.25) is 0 Å². The van der Waals surface area contributed by atoms with Gasteiger partial charge in [0.25, 0.3) is 0 Å². The molecule has 0 aromatic carbocycles. The first-order valence-electron chi connectivity index (χ1n) is 7.06. The molecule has 22 heavy (non-hydrogen) atoms. The van der Waals surface area contributed by atoms with Crippen molar-refractivity contribution >= 4 is 32.0 Å². The quantitative estimate of drug-likeness (QED) is 0.768. The number of aromatic nitrogens is 4. The summed E-state index contributed by atoms with van der Waals surface area (Å²) in [6.07, 6.45) is 7.12. The maximum Gasteiger partial charge on any atom is 0.211 e. The molecule has 0 amide bonds. The molecule has 8 heteroatoms. The Morgan fingerprint density at radius 1 is 1.32 bits per heavy atom. The Labute approximate surface area is 127 Å². The van der Waals surface area contributed by atoms with Crippen molar-refractivity contribution < 1.29 is 8.42 Å². The summed E-state index contributed by atoms with van der Waals surface area (Å²) in [5, 5.41) is 1.94. The number of rotatable bonds is 2. The van der Waals surface area contributed by atoms with E-state index in [1.165, 1.54) is 16.9 Å². The molecule has 3 aromatic heterocycles. The second-order valence-corrected chi connectivity index (χ2v) is 7.61. The minimum Gasteiger partial charge on any atom is -0.346 e. The lowest BCUT2D eigenvalue weighted by Gasteiger charge is -2.14. The van der Waals surface area contributed by atoms with Crippen molar-refractivity contribution in [1.82, 2.24) is 24.2 Å². The van der Waals surface area contributed by atoms with Gasteiger partial charge in [0.05, 0.1) is 23.7 Å². The third-order valence-corrected chi connectivity index (χ3v) is 5.49. The summed E-state index contributed by atoms with van der Waals surface area (Å²) in [5.41, 5.74) is 2.49. The Hall–Kier alpha value is -2.06. The Morgan fingerprint density at radius 3 is 2.95 bits per heavy atom. The van der Waals surface area contributed by atoms with Crippen LogP contribution in [0.4, 0.5) is 0 Å². The zero-order valence-electron chi connectivity index (χ0n) is 12.0. The molecule has 0 spiro atoms. The van der Waals surface area contributed by atoms with Crippen molar-refractivity contribution in [2.45, 2.75) is 12.3 Å². The third kappa shape index (κ3) is 2.06. The predicted molar refractivity (Wildman–Crippen MR) is 83.0 cm³/mol. The zero-order chi connectivity index (χ0) is 15.3. The summed E-state index contributed by atoms with van der Waals surface area (Å²) >= 11 is 0. The van der Waals surface area contributed by atoms with E-state index in [0.29, 0.717) is 13.1 Å². The highest BCUT2D eigenvalue weighted by molar-refractivity contribution is 7.88. The average Bonchev–Trinajstić information content (AvgIpc) is 3.15. The molecular weight excluding hydrogens is 302 g/mol. The second kappa shape index (κ2) is 4.72. The SMILES string of the molecule is CS(=O)(=O)N1CCC(c2ncnc3cnc4[nH]ccc4c23)C1. The standard InChI is InChI=1S/C14H15N5O2S/c1-22(20,21)19-5-3-9(7-19)13-12-10-2-4-15-14(10)16-6-11(12)17-8-18-13/h2,4,6,8-9H,3,5,7H2,1H3,(H,15,16). The van der Waals surface area contributed by atoms with Crippen LogP contribution in [-0.4, -0.2) is 52.0 Å². The van der Waals surface area contributed by atoms with E-state index in [1.54, 1.807) is 6.20 Å². The van der Waals surface area contributed by atoms with E-state index in [1.807, 2.05) is 12.3 Å². The largest absolute Gasteiger partial charge is 0.346 e. The van der Waals surface area contributed by atoms with Crippen molar-refractivity contribution in [3.8, 4) is 0 Å². The molecule has 3 aromatic rings. The van der Waals surface area contributed by atoms with Gasteiger partial charge >= 0.3 is 0 Å². The van der Waals surface area contributed by atoms with Gasteiger partial charge in [0.1, 0.15) is 12.0 Å². The van der Waals surface area contributed by atoms with Crippen molar-refractivity contribution in [3.05, 3.63) is 30.5 Å². The lowest BCUT2D eigenvalue weighted by atomic mass is 9.99. The van der Waals surface area contributed by atoms with Crippen molar-refractivity contribution in [2.75, 3.05) is 19.3 Å². The topological polar surface area (TPSA) is 91.8 Å². The molecule has 1 aliphatic heterocycles. The Balaban J connectivity index is 1.87. The average molecular weight is 317 g/mol. The fourth-order valence-electron chi connectivity index (χ4n) is 3.14. The molecule has 1 N–H and O–H groups in total. The molecule has 1 aliphatic rings. The number of sulfonamides is 1. The van der Waals surface area contributed by atoms with Gasteiger partial charge in [-0.2, -0.15) is 0 Å². The molecule has 0 aliphatic carbocycles. The highest BCUT2D eigenvalue weighted by Crippen LogP contribution is 2.33. The summed E-state index contributed by atoms with van der Waals surface area (Å²) < 4.78 is 25.0. The van der Waals surface area contributed by atoms with Gasteiger partial charge in [0.2, 0.25) is 10.0 Å². The van der Waals surface area contributed by atoms with Gasteiger partial charge in [0.15, 0.2) is 0 Å². The van der Waals surface area contributed by atoms with Gasteiger partial charge in [0, 0.05) is 36.0 Å². The van der Waals surface area contributed by atoms with Crippen LogP contribution in [0.15, 0.2) is 24.8 Å². The number of pyridine rings is 1. The third-order valence-electron chi connectivity index (χ3n) is 4.22. The van der Waals surface area contributed by atoms with Crippen molar-refractivity contribution in [3.63, 3.8) is 0 Å². The van der Waals surface area contributed by atoms with Crippen LogP contribution in [0, 0.1) is 0 Å². The maximum absolute atomic E-state index is 11.7. The van der Waals surface area contributed by atoms with Crippen molar-refractivity contribution in [2.24, 2.45) is 0 Å². The van der Waals surface area contributed by atoms with E-state index in [9.17, 15) is 8.42 Å². The molecule has 1 unspecified atom stereocenters. The molecule has 1 saturated heterocycles. The summed E-state index contributed by atoms with van der Waals surface area (Å²) in [6.45, 7) is 1.01. The van der Waals surface area contributed by atoms with Gasteiger partial charge in [-0.05, 0) is 12.5 Å². The maximum atomic E-state index is 11.7. The first-order valence-corrected chi connectivity index (χ1v) is 8.90. The summed E-state index contributed by atoms with van der Waals surface area (Å²) in [4.78, 5) is 16.2. The summed E-state index contributed by atoms with van der Waals surface area (Å²) in [6, 6.07) is 1.96. The van der Waals surface area contributed by atoms with Crippen molar-refractivity contribution in [1.29, 1.82) is 0 Å². The molecular formula is C14H15N5O2S. The lowest BCUT2D eigenvalue weighted by molar-refractivity contribution is 0.478. The van der Waals surface area contributed by atoms with Crippen LogP contribution in [0.5, 0.6) is 0 Å². The van der Waals surface area contributed by atoms with Gasteiger partial charge in [-0.1, -0.05) is 0 Å². The van der Waals surface area contributed by atoms with E-state index in [-0.39, 0.29) is 5.92 Å². The monoisotopic (exact) mass is 317 g/mol. The summed E-state index contributed by atoms with van der Waals surface area (Å²) in [5.74, 6) is 0.0840. The van der Waals surface area contributed by atoms with E-state index < -0.39 is 10.0 Å². The summed E-state index contributed by atoms with van der Waals surface area (Å²) in [7, 11) is -3.16. The van der Waals surface area contributed by atoms with Gasteiger partial charge in [-0.3, -0.25) is 0 Å². The minimum absolute atomic E-state index is 0.0840. The van der Waals surface area contributed by atoms with Gasteiger partial charge in [-0.15, -0.1) is 0 Å². The second-order valence-electron chi connectivity index (χ2n) is 5.62. The Morgan fingerprint density at radius 2 is 2.18 bits per heavy atom. The van der Waals surface area contributed by atoms with E-state index in [2.05, 4.69) is 19.9 Å². The minimum atomic E-state index is -3.16. The molecule has 1 atom stereocenters. The number of H-pyrrole nitrogens is 1. The normalized spacial score (nSPS) is 20.1. The van der Waals surface area contributed by atoms with Crippen LogP contribution < -0.4 is 0 Å². The number of hydrogen-bond donors (Lipinski definition) is 1. The number of fused-ring (bicyclic) bond motifs is 3. The molecule has 4 rings (SSSR count). The highest BCUT2D eigenvalue weighted by Gasteiger charge is 2.31. The molecule has 0 bridgehead atoms. The first-order chi connectivity index (χ1) is 10.5. The van der Waals surface area contributed by atoms with E-state index in [0.717, 1.165) is 34.1 Å². The Bertz CT molecular complexity index is 966. The Kier molecular flexibility index (Phi) is 2.92. The van der Waals surface area contributed by atoms with Crippen LogP contribution in [0.25, 0.3) is 21.9 Å². The van der Waals surface area contributed by atoms with Crippen LogP contribution >= 0.6 is 0 Å². The van der Waals surface area contributed by atoms with Gasteiger partial charge in [-0.25, -0.2) is 27.7 Å². The smallest absolute Gasteiger partial charge is 0.211 e. The molecule has 0 saturated carbocycles. The molecule has 7 nitrogen and oxygen atoms in total. The zero-order valence-corrected chi connectivity index (χ0v) is 12.8. The number of nitrogens with zero attached hydrogens (tertiary/aromatic N) is 4. The van der Waals surface area contributed by atoms with Crippen LogP contribution in [0.3, 0.4) is 0 Å². The fourth-order valence-corrected chi connectivity index (χ4v) is 4.03. The number of nitrogens with one attached hydrogen (secondary N) is 1. The number of hydrogen-bond acceptors (Lipinski definition) is 5. The van der Waals surface area contributed by atoms with E-state index in [4.69, 9.17) is 0 Å². The fraction of sp³-hybridized carbons (Fsp3) is 0.357. The molecule has 1 fully saturated rings. The van der Waals surface area contributed by atoms with Crippen LogP contribution in [-0.2, 0) is 10.0 Å². The predicted octanol–water partition coefficient (Wildman–Crippen LogP) is 1.25. The van der Waals surface area contributed by atoms with Crippen LogP contribution in [0.1, 0.15) is 18.0 Å². The molecule has 114 valence electrons. The molecule has 4 heterocycles. The number of aromatic amines is 1. The van der Waals surface area contributed by atoms with Gasteiger partial charge < -0.3 is 4.98 Å². The lowest BCUT2D eigenvalue weighted by Crippen LogP contribution is -2.27.